The molecule has 106 valence electrons. The van der Waals surface area contributed by atoms with Crippen molar-refractivity contribution in [3.63, 3.8) is 0 Å². The van der Waals surface area contributed by atoms with Gasteiger partial charge in [-0.05, 0) is 29.7 Å². The van der Waals surface area contributed by atoms with Crippen LogP contribution in [-0.4, -0.2) is 24.7 Å². The Hall–Kier alpha value is -0.380. The molecule has 0 saturated carbocycles. The van der Waals surface area contributed by atoms with Gasteiger partial charge in [0.15, 0.2) is 0 Å². The number of hydrogen-bond acceptors (Lipinski definition) is 3. The molecule has 2 nitrogen and oxygen atoms in total. The maximum atomic E-state index is 6.26. The van der Waals surface area contributed by atoms with Gasteiger partial charge in [-0.25, -0.2) is 0 Å². The van der Waals surface area contributed by atoms with E-state index in [4.69, 9.17) is 16.3 Å². The zero-order chi connectivity index (χ0) is 13.9. The summed E-state index contributed by atoms with van der Waals surface area (Å²) in [5.41, 5.74) is 1.48. The minimum atomic E-state index is 0.422. The van der Waals surface area contributed by atoms with E-state index in [2.05, 4.69) is 19.2 Å². The third kappa shape index (κ3) is 4.04. The number of thioether (sulfide) groups is 1. The Morgan fingerprint density at radius 1 is 1.47 bits per heavy atom. The van der Waals surface area contributed by atoms with Crippen LogP contribution in [0.2, 0.25) is 5.02 Å². The summed E-state index contributed by atoms with van der Waals surface area (Å²) < 4.78 is 5.38. The molecule has 1 fully saturated rings. The largest absolute Gasteiger partial charge is 0.496 e. The van der Waals surface area contributed by atoms with Gasteiger partial charge in [-0.1, -0.05) is 31.5 Å². The van der Waals surface area contributed by atoms with Gasteiger partial charge in [-0.15, -0.1) is 0 Å². The highest BCUT2D eigenvalue weighted by atomic mass is 35.5. The summed E-state index contributed by atoms with van der Waals surface area (Å²) in [6, 6.07) is 6.35. The zero-order valence-corrected chi connectivity index (χ0v) is 13.4. The van der Waals surface area contributed by atoms with E-state index in [0.29, 0.717) is 11.5 Å². The molecule has 1 aliphatic heterocycles. The number of rotatable bonds is 4. The van der Waals surface area contributed by atoms with Gasteiger partial charge in [0.2, 0.25) is 0 Å². The van der Waals surface area contributed by atoms with Gasteiger partial charge in [0.05, 0.1) is 7.11 Å². The first-order valence-electron chi connectivity index (χ1n) is 6.64. The molecule has 1 heterocycles. The number of nitrogens with one attached hydrogen (secondary N) is 1. The third-order valence-electron chi connectivity index (χ3n) is 3.47. The van der Waals surface area contributed by atoms with E-state index in [1.165, 1.54) is 17.9 Å². The molecule has 19 heavy (non-hydrogen) atoms. The first kappa shape index (κ1) is 15.0. The molecular formula is C15H22ClNOS. The summed E-state index contributed by atoms with van der Waals surface area (Å²) >= 11 is 8.29. The van der Waals surface area contributed by atoms with Gasteiger partial charge in [-0.2, -0.15) is 11.8 Å². The molecule has 0 radical (unpaired) electrons. The summed E-state index contributed by atoms with van der Waals surface area (Å²) in [6.07, 6.45) is 1.22. The smallest absolute Gasteiger partial charge is 0.124 e. The highest BCUT2D eigenvalue weighted by molar-refractivity contribution is 7.99. The van der Waals surface area contributed by atoms with Crippen LogP contribution < -0.4 is 10.1 Å². The fourth-order valence-corrected chi connectivity index (χ4v) is 4.08. The van der Waals surface area contributed by atoms with Crippen LogP contribution in [0.5, 0.6) is 5.75 Å². The lowest BCUT2D eigenvalue weighted by atomic mass is 9.88. The van der Waals surface area contributed by atoms with Crippen LogP contribution in [-0.2, 0) is 6.54 Å². The first-order chi connectivity index (χ1) is 9.02. The monoisotopic (exact) mass is 299 g/mol. The summed E-state index contributed by atoms with van der Waals surface area (Å²) in [6.45, 7) is 5.44. The quantitative estimate of drug-likeness (QED) is 0.909. The Labute approximate surface area is 125 Å². The number of methoxy groups -OCH3 is 1. The number of benzene rings is 1. The lowest BCUT2D eigenvalue weighted by Crippen LogP contribution is -2.40. The lowest BCUT2D eigenvalue weighted by Gasteiger charge is -2.35. The predicted molar refractivity (Wildman–Crippen MR) is 84.4 cm³/mol. The average molecular weight is 300 g/mol. The number of hydrogen-bond donors (Lipinski definition) is 1. The highest BCUT2D eigenvalue weighted by Crippen LogP contribution is 2.34. The Bertz CT molecular complexity index is 436. The average Bonchev–Trinajstić information content (AvgIpc) is 2.36. The molecule has 1 unspecified atom stereocenters. The van der Waals surface area contributed by atoms with Crippen molar-refractivity contribution in [1.29, 1.82) is 0 Å². The molecule has 0 aliphatic carbocycles. The van der Waals surface area contributed by atoms with Crippen molar-refractivity contribution in [3.8, 4) is 5.75 Å². The standard InChI is InChI=1S/C15H22ClNOS/c1-15(2)7-11(9-19-10-15)17-8-12-13(16)5-4-6-14(12)18-3/h4-6,11,17H,7-10H2,1-3H3. The Morgan fingerprint density at radius 3 is 2.95 bits per heavy atom. The second kappa shape index (κ2) is 6.38. The number of halogens is 1. The predicted octanol–water partition coefficient (Wildman–Crippen LogP) is 3.97. The zero-order valence-electron chi connectivity index (χ0n) is 11.8. The fraction of sp³-hybridized carbons (Fsp3) is 0.600. The second-order valence-electron chi connectivity index (χ2n) is 5.88. The minimum Gasteiger partial charge on any atom is -0.496 e. The van der Waals surface area contributed by atoms with Crippen molar-refractivity contribution in [2.75, 3.05) is 18.6 Å². The summed E-state index contributed by atoms with van der Waals surface area (Å²) in [5, 5.41) is 4.40. The lowest BCUT2D eigenvalue weighted by molar-refractivity contribution is 0.316. The Morgan fingerprint density at radius 2 is 2.26 bits per heavy atom. The Kier molecular flexibility index (Phi) is 5.04. The normalized spacial score (nSPS) is 22.2. The van der Waals surface area contributed by atoms with Crippen molar-refractivity contribution in [3.05, 3.63) is 28.8 Å². The van der Waals surface area contributed by atoms with Crippen LogP contribution >= 0.6 is 23.4 Å². The van der Waals surface area contributed by atoms with E-state index in [9.17, 15) is 0 Å². The van der Waals surface area contributed by atoms with E-state index in [1.54, 1.807) is 7.11 Å². The summed E-state index contributed by atoms with van der Waals surface area (Å²) in [4.78, 5) is 0. The van der Waals surface area contributed by atoms with Crippen molar-refractivity contribution in [1.82, 2.24) is 5.32 Å². The Balaban J connectivity index is 1.99. The molecule has 0 amide bonds. The van der Waals surface area contributed by atoms with E-state index in [-0.39, 0.29) is 0 Å². The third-order valence-corrected chi connectivity index (χ3v) is 5.45. The van der Waals surface area contributed by atoms with Crippen LogP contribution in [0.1, 0.15) is 25.8 Å². The molecule has 2 rings (SSSR count). The van der Waals surface area contributed by atoms with Crippen LogP contribution in [0.25, 0.3) is 0 Å². The van der Waals surface area contributed by atoms with E-state index in [1.807, 2.05) is 30.0 Å². The molecule has 0 aromatic heterocycles. The minimum absolute atomic E-state index is 0.422. The van der Waals surface area contributed by atoms with E-state index >= 15 is 0 Å². The maximum absolute atomic E-state index is 6.26. The molecule has 0 spiro atoms. The number of ether oxygens (including phenoxy) is 1. The van der Waals surface area contributed by atoms with Crippen molar-refractivity contribution in [2.24, 2.45) is 5.41 Å². The van der Waals surface area contributed by atoms with Gasteiger partial charge in [-0.3, -0.25) is 0 Å². The molecular weight excluding hydrogens is 278 g/mol. The topological polar surface area (TPSA) is 21.3 Å². The molecule has 1 aromatic rings. The fourth-order valence-electron chi connectivity index (χ4n) is 2.54. The van der Waals surface area contributed by atoms with Gasteiger partial charge < -0.3 is 10.1 Å². The van der Waals surface area contributed by atoms with Gasteiger partial charge >= 0.3 is 0 Å². The highest BCUT2D eigenvalue weighted by Gasteiger charge is 2.28. The van der Waals surface area contributed by atoms with Crippen LogP contribution in [0.15, 0.2) is 18.2 Å². The summed E-state index contributed by atoms with van der Waals surface area (Å²) in [5.74, 6) is 3.29. The van der Waals surface area contributed by atoms with Gasteiger partial charge in [0.25, 0.3) is 0 Å². The molecule has 0 bridgehead atoms. The van der Waals surface area contributed by atoms with Crippen LogP contribution in [0, 0.1) is 5.41 Å². The van der Waals surface area contributed by atoms with E-state index < -0.39 is 0 Å². The van der Waals surface area contributed by atoms with Gasteiger partial charge in [0.1, 0.15) is 5.75 Å². The SMILES string of the molecule is COc1cccc(Cl)c1CNC1CSCC(C)(C)C1. The van der Waals surface area contributed by atoms with Crippen LogP contribution in [0.4, 0.5) is 0 Å². The molecule has 1 N–H and O–H groups in total. The summed E-state index contributed by atoms with van der Waals surface area (Å²) in [7, 11) is 1.69. The molecule has 1 aromatic carbocycles. The van der Waals surface area contributed by atoms with Crippen LogP contribution in [0.3, 0.4) is 0 Å². The molecule has 1 atom stereocenters. The van der Waals surface area contributed by atoms with Crippen molar-refractivity contribution < 1.29 is 4.74 Å². The molecule has 1 aliphatic rings. The maximum Gasteiger partial charge on any atom is 0.124 e. The van der Waals surface area contributed by atoms with Gasteiger partial charge in [0, 0.05) is 28.9 Å². The first-order valence-corrected chi connectivity index (χ1v) is 8.17. The van der Waals surface area contributed by atoms with Crippen molar-refractivity contribution in [2.45, 2.75) is 32.9 Å². The molecule has 1 saturated heterocycles. The van der Waals surface area contributed by atoms with Crippen molar-refractivity contribution >= 4 is 23.4 Å². The van der Waals surface area contributed by atoms with E-state index in [0.717, 1.165) is 22.9 Å². The molecule has 4 heteroatoms. The second-order valence-corrected chi connectivity index (χ2v) is 7.32.